The number of benzene rings is 1. The maximum absolute atomic E-state index is 13.8. The Kier molecular flexibility index (Phi) is 6.19. The van der Waals surface area contributed by atoms with Gasteiger partial charge in [0.1, 0.15) is 5.82 Å². The molecule has 1 aromatic carbocycles. The van der Waals surface area contributed by atoms with Gasteiger partial charge in [0.05, 0.1) is 0 Å². The van der Waals surface area contributed by atoms with E-state index >= 15 is 0 Å². The van der Waals surface area contributed by atoms with Gasteiger partial charge in [-0.1, -0.05) is 44.4 Å². The standard InChI is InChI=1S/C18H29FN2/c1-3-6-14-9-10-15(12-20)18(11-14)21(2)13-16-7-4-5-8-17(16)19/h4-5,7-8,14-15,18H,3,6,9-13,20H2,1-2H3. The van der Waals surface area contributed by atoms with Gasteiger partial charge in [0.25, 0.3) is 0 Å². The lowest BCUT2D eigenvalue weighted by Gasteiger charge is -2.41. The van der Waals surface area contributed by atoms with Crippen LogP contribution in [0, 0.1) is 17.7 Å². The number of hydrogen-bond acceptors (Lipinski definition) is 2. The molecule has 0 spiro atoms. The van der Waals surface area contributed by atoms with Crippen molar-refractivity contribution in [2.45, 2.75) is 51.6 Å². The third kappa shape index (κ3) is 4.27. The predicted molar refractivity (Wildman–Crippen MR) is 86.4 cm³/mol. The first kappa shape index (κ1) is 16.4. The molecular formula is C18H29FN2. The summed E-state index contributed by atoms with van der Waals surface area (Å²) in [5.74, 6) is 1.26. The number of nitrogens with zero attached hydrogens (tertiary/aromatic N) is 1. The maximum atomic E-state index is 13.8. The van der Waals surface area contributed by atoms with Crippen LogP contribution in [0.1, 0.15) is 44.6 Å². The van der Waals surface area contributed by atoms with Gasteiger partial charge in [-0.3, -0.25) is 4.90 Å². The zero-order chi connectivity index (χ0) is 15.2. The van der Waals surface area contributed by atoms with E-state index in [9.17, 15) is 4.39 Å². The normalized spacial score (nSPS) is 26.2. The third-order valence-corrected chi connectivity index (χ3v) is 5.01. The van der Waals surface area contributed by atoms with E-state index in [1.165, 1.54) is 32.1 Å². The van der Waals surface area contributed by atoms with Gasteiger partial charge in [-0.15, -0.1) is 0 Å². The second kappa shape index (κ2) is 7.90. The van der Waals surface area contributed by atoms with Crippen LogP contribution in [0.4, 0.5) is 4.39 Å². The molecule has 3 unspecified atom stereocenters. The highest BCUT2D eigenvalue weighted by atomic mass is 19.1. The van der Waals surface area contributed by atoms with Gasteiger partial charge >= 0.3 is 0 Å². The van der Waals surface area contributed by atoms with Crippen molar-refractivity contribution in [1.82, 2.24) is 4.90 Å². The van der Waals surface area contributed by atoms with E-state index in [-0.39, 0.29) is 5.82 Å². The summed E-state index contributed by atoms with van der Waals surface area (Å²) in [5.41, 5.74) is 6.76. The van der Waals surface area contributed by atoms with Gasteiger partial charge in [-0.05, 0) is 44.3 Å². The summed E-state index contributed by atoms with van der Waals surface area (Å²) in [7, 11) is 2.12. The van der Waals surface area contributed by atoms with Crippen molar-refractivity contribution in [2.24, 2.45) is 17.6 Å². The van der Waals surface area contributed by atoms with Gasteiger partial charge in [-0.2, -0.15) is 0 Å². The SMILES string of the molecule is CCCC1CCC(CN)C(N(C)Cc2ccccc2F)C1. The molecule has 1 saturated carbocycles. The summed E-state index contributed by atoms with van der Waals surface area (Å²) >= 11 is 0. The molecule has 0 saturated heterocycles. The first-order chi connectivity index (χ1) is 10.2. The Labute approximate surface area is 128 Å². The zero-order valence-electron chi connectivity index (χ0n) is 13.4. The molecular weight excluding hydrogens is 263 g/mol. The smallest absolute Gasteiger partial charge is 0.127 e. The summed E-state index contributed by atoms with van der Waals surface area (Å²) in [4.78, 5) is 2.32. The zero-order valence-corrected chi connectivity index (χ0v) is 13.4. The summed E-state index contributed by atoms with van der Waals surface area (Å²) in [6.07, 6.45) is 6.29. The van der Waals surface area contributed by atoms with Gasteiger partial charge in [0.15, 0.2) is 0 Å². The molecule has 1 aliphatic carbocycles. The van der Waals surface area contributed by atoms with Crippen LogP contribution < -0.4 is 5.73 Å². The molecule has 0 bridgehead atoms. The molecule has 2 N–H and O–H groups in total. The highest BCUT2D eigenvalue weighted by Crippen LogP contribution is 2.34. The highest BCUT2D eigenvalue weighted by Gasteiger charge is 2.32. The Morgan fingerprint density at radius 1 is 1.29 bits per heavy atom. The minimum absolute atomic E-state index is 0.102. The van der Waals surface area contributed by atoms with Crippen molar-refractivity contribution in [3.05, 3.63) is 35.6 Å². The van der Waals surface area contributed by atoms with E-state index in [4.69, 9.17) is 5.73 Å². The Morgan fingerprint density at radius 2 is 2.05 bits per heavy atom. The van der Waals surface area contributed by atoms with Crippen LogP contribution in [-0.2, 0) is 6.54 Å². The summed E-state index contributed by atoms with van der Waals surface area (Å²) in [6, 6.07) is 7.58. The Bertz CT molecular complexity index is 435. The van der Waals surface area contributed by atoms with Gasteiger partial charge < -0.3 is 5.73 Å². The van der Waals surface area contributed by atoms with E-state index in [1.807, 2.05) is 12.1 Å². The monoisotopic (exact) mass is 292 g/mol. The predicted octanol–water partition coefficient (Wildman–Crippen LogP) is 3.80. The van der Waals surface area contributed by atoms with Crippen molar-refractivity contribution in [2.75, 3.05) is 13.6 Å². The summed E-state index contributed by atoms with van der Waals surface area (Å²) in [6.45, 7) is 3.67. The molecule has 0 aromatic heterocycles. The fourth-order valence-corrected chi connectivity index (χ4v) is 3.79. The van der Waals surface area contributed by atoms with Crippen LogP contribution >= 0.6 is 0 Å². The van der Waals surface area contributed by atoms with Crippen LogP contribution in [0.3, 0.4) is 0 Å². The second-order valence-corrected chi connectivity index (χ2v) is 6.54. The Balaban J connectivity index is 2.03. The van der Waals surface area contributed by atoms with Crippen LogP contribution in [0.5, 0.6) is 0 Å². The highest BCUT2D eigenvalue weighted by molar-refractivity contribution is 5.17. The number of halogens is 1. The first-order valence-electron chi connectivity index (χ1n) is 8.29. The molecule has 21 heavy (non-hydrogen) atoms. The quantitative estimate of drug-likeness (QED) is 0.864. The van der Waals surface area contributed by atoms with Crippen LogP contribution in [0.25, 0.3) is 0 Å². The molecule has 1 aromatic rings. The van der Waals surface area contributed by atoms with Gasteiger partial charge in [0, 0.05) is 18.2 Å². The lowest BCUT2D eigenvalue weighted by molar-refractivity contribution is 0.0938. The van der Waals surface area contributed by atoms with E-state index in [0.29, 0.717) is 18.5 Å². The fourth-order valence-electron chi connectivity index (χ4n) is 3.79. The molecule has 2 nitrogen and oxygen atoms in total. The Hall–Kier alpha value is -0.930. The van der Waals surface area contributed by atoms with Crippen molar-refractivity contribution in [1.29, 1.82) is 0 Å². The molecule has 2 rings (SSSR count). The van der Waals surface area contributed by atoms with Crippen molar-refractivity contribution >= 4 is 0 Å². The lowest BCUT2D eigenvalue weighted by atomic mass is 9.76. The topological polar surface area (TPSA) is 29.3 Å². The third-order valence-electron chi connectivity index (χ3n) is 5.01. The van der Waals surface area contributed by atoms with E-state index in [2.05, 4.69) is 18.9 Å². The molecule has 0 amide bonds. The molecule has 0 aliphatic heterocycles. The molecule has 1 fully saturated rings. The van der Waals surface area contributed by atoms with Crippen LogP contribution in [-0.4, -0.2) is 24.5 Å². The number of hydrogen-bond donors (Lipinski definition) is 1. The Morgan fingerprint density at radius 3 is 2.71 bits per heavy atom. The minimum atomic E-state index is -0.102. The van der Waals surface area contributed by atoms with Gasteiger partial charge in [0.2, 0.25) is 0 Å². The average molecular weight is 292 g/mol. The largest absolute Gasteiger partial charge is 0.330 e. The van der Waals surface area contributed by atoms with Crippen LogP contribution in [0.2, 0.25) is 0 Å². The van der Waals surface area contributed by atoms with E-state index < -0.39 is 0 Å². The molecule has 0 heterocycles. The van der Waals surface area contributed by atoms with Crippen molar-refractivity contribution in [3.8, 4) is 0 Å². The molecule has 3 heteroatoms. The summed E-state index contributed by atoms with van der Waals surface area (Å²) < 4.78 is 13.8. The summed E-state index contributed by atoms with van der Waals surface area (Å²) in [5, 5.41) is 0. The maximum Gasteiger partial charge on any atom is 0.127 e. The fraction of sp³-hybridized carbons (Fsp3) is 0.667. The van der Waals surface area contributed by atoms with Crippen LogP contribution in [0.15, 0.2) is 24.3 Å². The second-order valence-electron chi connectivity index (χ2n) is 6.54. The number of nitrogens with two attached hydrogens (primary N) is 1. The molecule has 0 radical (unpaired) electrons. The lowest BCUT2D eigenvalue weighted by Crippen LogP contribution is -2.44. The van der Waals surface area contributed by atoms with E-state index in [1.54, 1.807) is 12.1 Å². The first-order valence-corrected chi connectivity index (χ1v) is 8.29. The van der Waals surface area contributed by atoms with Gasteiger partial charge in [-0.25, -0.2) is 4.39 Å². The van der Waals surface area contributed by atoms with Crippen molar-refractivity contribution in [3.63, 3.8) is 0 Å². The average Bonchev–Trinajstić information content (AvgIpc) is 2.50. The van der Waals surface area contributed by atoms with Crippen molar-refractivity contribution < 1.29 is 4.39 Å². The molecule has 1 aliphatic rings. The molecule has 3 atom stereocenters. The molecule has 118 valence electrons. The number of rotatable bonds is 6. The van der Waals surface area contributed by atoms with E-state index in [0.717, 1.165) is 18.0 Å². The minimum Gasteiger partial charge on any atom is -0.330 e.